The Kier molecular flexibility index (Phi) is 3.26. The molecule has 1 aliphatic rings. The molecule has 0 unspecified atom stereocenters. The number of rotatable bonds is 2. The van der Waals surface area contributed by atoms with Gasteiger partial charge in [0.2, 0.25) is 0 Å². The zero-order valence-electron chi connectivity index (χ0n) is 10.4. The van der Waals surface area contributed by atoms with Gasteiger partial charge in [0.05, 0.1) is 6.61 Å². The summed E-state index contributed by atoms with van der Waals surface area (Å²) in [6, 6.07) is 12.6. The SMILES string of the molecule is O=C(c1ccc(Cl)cc1)c1ccc2c(c1)CCCO2. The van der Waals surface area contributed by atoms with E-state index in [9.17, 15) is 4.79 Å². The first-order valence-electron chi connectivity index (χ1n) is 6.30. The van der Waals surface area contributed by atoms with Gasteiger partial charge in [0.15, 0.2) is 5.78 Å². The Labute approximate surface area is 117 Å². The summed E-state index contributed by atoms with van der Waals surface area (Å²) in [7, 11) is 0. The number of carbonyl (C=O) groups excluding carboxylic acids is 1. The lowest BCUT2D eigenvalue weighted by Gasteiger charge is -2.17. The summed E-state index contributed by atoms with van der Waals surface area (Å²) in [5.74, 6) is 0.920. The molecule has 3 rings (SSSR count). The number of aryl methyl sites for hydroxylation is 1. The molecular formula is C16H13ClO2. The van der Waals surface area contributed by atoms with Crippen LogP contribution in [0.1, 0.15) is 27.9 Å². The van der Waals surface area contributed by atoms with Crippen LogP contribution in [0.2, 0.25) is 5.02 Å². The monoisotopic (exact) mass is 272 g/mol. The van der Waals surface area contributed by atoms with Gasteiger partial charge in [-0.15, -0.1) is 0 Å². The van der Waals surface area contributed by atoms with E-state index in [0.717, 1.165) is 30.8 Å². The van der Waals surface area contributed by atoms with Gasteiger partial charge in [0.25, 0.3) is 0 Å². The highest BCUT2D eigenvalue weighted by Crippen LogP contribution is 2.26. The molecule has 0 bridgehead atoms. The summed E-state index contributed by atoms with van der Waals surface area (Å²) in [5.41, 5.74) is 2.47. The summed E-state index contributed by atoms with van der Waals surface area (Å²) in [6.07, 6.45) is 1.97. The van der Waals surface area contributed by atoms with Crippen molar-refractivity contribution >= 4 is 17.4 Å². The number of halogens is 1. The van der Waals surface area contributed by atoms with Crippen molar-refractivity contribution in [2.24, 2.45) is 0 Å². The Morgan fingerprint density at radius 1 is 1.05 bits per heavy atom. The maximum absolute atomic E-state index is 12.4. The van der Waals surface area contributed by atoms with Crippen LogP contribution >= 0.6 is 11.6 Å². The first-order chi connectivity index (χ1) is 9.24. The van der Waals surface area contributed by atoms with Crippen LogP contribution in [-0.4, -0.2) is 12.4 Å². The second-order valence-electron chi connectivity index (χ2n) is 4.61. The van der Waals surface area contributed by atoms with Crippen molar-refractivity contribution in [3.8, 4) is 5.75 Å². The first-order valence-corrected chi connectivity index (χ1v) is 6.68. The molecule has 1 aliphatic heterocycles. The third-order valence-electron chi connectivity index (χ3n) is 3.28. The minimum atomic E-state index is 0.0186. The van der Waals surface area contributed by atoms with Gasteiger partial charge in [-0.1, -0.05) is 11.6 Å². The Hall–Kier alpha value is -1.80. The highest BCUT2D eigenvalue weighted by molar-refractivity contribution is 6.30. The topological polar surface area (TPSA) is 26.3 Å². The zero-order valence-corrected chi connectivity index (χ0v) is 11.1. The van der Waals surface area contributed by atoms with Gasteiger partial charge in [-0.25, -0.2) is 0 Å². The molecule has 2 aromatic rings. The average Bonchev–Trinajstić information content (AvgIpc) is 2.47. The van der Waals surface area contributed by atoms with Crippen LogP contribution in [0.4, 0.5) is 0 Å². The van der Waals surface area contributed by atoms with Crippen LogP contribution in [0.5, 0.6) is 5.75 Å². The molecule has 19 heavy (non-hydrogen) atoms. The summed E-state index contributed by atoms with van der Waals surface area (Å²) in [5, 5.41) is 0.635. The van der Waals surface area contributed by atoms with Crippen LogP contribution < -0.4 is 4.74 Å². The third-order valence-corrected chi connectivity index (χ3v) is 3.53. The average molecular weight is 273 g/mol. The van der Waals surface area contributed by atoms with Crippen molar-refractivity contribution in [2.45, 2.75) is 12.8 Å². The number of benzene rings is 2. The highest BCUT2D eigenvalue weighted by atomic mass is 35.5. The summed E-state index contributed by atoms with van der Waals surface area (Å²) >= 11 is 5.83. The lowest BCUT2D eigenvalue weighted by Crippen LogP contribution is -2.10. The van der Waals surface area contributed by atoms with E-state index in [1.807, 2.05) is 18.2 Å². The number of hydrogen-bond acceptors (Lipinski definition) is 2. The molecular weight excluding hydrogens is 260 g/mol. The van der Waals surface area contributed by atoms with Gasteiger partial charge >= 0.3 is 0 Å². The van der Waals surface area contributed by atoms with Gasteiger partial charge in [0.1, 0.15) is 5.75 Å². The standard InChI is InChI=1S/C16H13ClO2/c17-14-6-3-11(4-7-14)16(18)13-5-8-15-12(10-13)2-1-9-19-15/h3-8,10H,1-2,9H2. The molecule has 2 nitrogen and oxygen atoms in total. The maximum Gasteiger partial charge on any atom is 0.193 e. The first kappa shape index (κ1) is 12.2. The molecule has 1 heterocycles. The van der Waals surface area contributed by atoms with Crippen molar-refractivity contribution < 1.29 is 9.53 Å². The molecule has 2 aromatic carbocycles. The van der Waals surface area contributed by atoms with E-state index < -0.39 is 0 Å². The van der Waals surface area contributed by atoms with E-state index >= 15 is 0 Å². The normalized spacial score (nSPS) is 13.5. The van der Waals surface area contributed by atoms with Crippen molar-refractivity contribution in [3.63, 3.8) is 0 Å². The Morgan fingerprint density at radius 3 is 2.58 bits per heavy atom. The van der Waals surface area contributed by atoms with Crippen molar-refractivity contribution in [1.82, 2.24) is 0 Å². The van der Waals surface area contributed by atoms with Gasteiger partial charge in [0, 0.05) is 16.1 Å². The molecule has 0 saturated carbocycles. The third kappa shape index (κ3) is 2.49. The van der Waals surface area contributed by atoms with E-state index in [1.165, 1.54) is 0 Å². The molecule has 0 atom stereocenters. The number of hydrogen-bond donors (Lipinski definition) is 0. The number of ketones is 1. The van der Waals surface area contributed by atoms with Gasteiger partial charge < -0.3 is 4.74 Å². The molecule has 96 valence electrons. The molecule has 0 spiro atoms. The lowest BCUT2D eigenvalue weighted by molar-refractivity contribution is 0.103. The van der Waals surface area contributed by atoms with Gasteiger partial charge in [-0.05, 0) is 60.9 Å². The molecule has 0 fully saturated rings. The Morgan fingerprint density at radius 2 is 1.79 bits per heavy atom. The maximum atomic E-state index is 12.4. The minimum Gasteiger partial charge on any atom is -0.493 e. The summed E-state index contributed by atoms with van der Waals surface area (Å²) < 4.78 is 5.55. The second-order valence-corrected chi connectivity index (χ2v) is 5.05. The van der Waals surface area contributed by atoms with Crippen molar-refractivity contribution in [1.29, 1.82) is 0 Å². The molecule has 0 N–H and O–H groups in total. The fourth-order valence-corrected chi connectivity index (χ4v) is 2.40. The predicted octanol–water partition coefficient (Wildman–Crippen LogP) is 3.90. The van der Waals surface area contributed by atoms with Gasteiger partial charge in [-0.2, -0.15) is 0 Å². The van der Waals surface area contributed by atoms with Crippen LogP contribution in [0, 0.1) is 0 Å². The van der Waals surface area contributed by atoms with Gasteiger partial charge in [-0.3, -0.25) is 4.79 Å². The largest absolute Gasteiger partial charge is 0.493 e. The number of fused-ring (bicyclic) bond motifs is 1. The molecule has 0 radical (unpaired) electrons. The molecule has 0 aromatic heterocycles. The Bertz CT molecular complexity index is 617. The van der Waals surface area contributed by atoms with Crippen LogP contribution in [0.3, 0.4) is 0 Å². The zero-order chi connectivity index (χ0) is 13.2. The van der Waals surface area contributed by atoms with E-state index in [-0.39, 0.29) is 5.78 Å². The molecule has 0 saturated heterocycles. The predicted molar refractivity (Wildman–Crippen MR) is 75.1 cm³/mol. The quantitative estimate of drug-likeness (QED) is 0.775. The Balaban J connectivity index is 1.93. The van der Waals surface area contributed by atoms with Crippen LogP contribution in [0.15, 0.2) is 42.5 Å². The fraction of sp³-hybridized carbons (Fsp3) is 0.188. The molecule has 0 aliphatic carbocycles. The molecule has 3 heteroatoms. The highest BCUT2D eigenvalue weighted by Gasteiger charge is 2.14. The number of carbonyl (C=O) groups is 1. The van der Waals surface area contributed by atoms with Crippen molar-refractivity contribution in [2.75, 3.05) is 6.61 Å². The fourth-order valence-electron chi connectivity index (χ4n) is 2.27. The summed E-state index contributed by atoms with van der Waals surface area (Å²) in [4.78, 5) is 12.4. The van der Waals surface area contributed by atoms with E-state index in [0.29, 0.717) is 16.1 Å². The smallest absolute Gasteiger partial charge is 0.193 e. The summed E-state index contributed by atoms with van der Waals surface area (Å²) in [6.45, 7) is 0.761. The minimum absolute atomic E-state index is 0.0186. The van der Waals surface area contributed by atoms with Crippen LogP contribution in [-0.2, 0) is 6.42 Å². The number of ether oxygens (including phenoxy) is 1. The van der Waals surface area contributed by atoms with E-state index in [4.69, 9.17) is 16.3 Å². The van der Waals surface area contributed by atoms with E-state index in [1.54, 1.807) is 24.3 Å². The van der Waals surface area contributed by atoms with Crippen LogP contribution in [0.25, 0.3) is 0 Å². The van der Waals surface area contributed by atoms with E-state index in [2.05, 4.69) is 0 Å². The van der Waals surface area contributed by atoms with Crippen molar-refractivity contribution in [3.05, 3.63) is 64.2 Å². The lowest BCUT2D eigenvalue weighted by atomic mass is 9.98. The molecule has 0 amide bonds. The second kappa shape index (κ2) is 5.06.